The first-order chi connectivity index (χ1) is 8.86. The molecule has 0 heterocycles. The molecule has 19 heavy (non-hydrogen) atoms. The van der Waals surface area contributed by atoms with E-state index in [-0.39, 0.29) is 17.7 Å². The van der Waals surface area contributed by atoms with Crippen LogP contribution in [0.5, 0.6) is 5.75 Å². The molecule has 0 N–H and O–H groups in total. The summed E-state index contributed by atoms with van der Waals surface area (Å²) >= 11 is 0. The lowest BCUT2D eigenvalue weighted by molar-refractivity contribution is -0.139. The van der Waals surface area contributed by atoms with Gasteiger partial charge in [0.05, 0.1) is 19.8 Å². The quantitative estimate of drug-likeness (QED) is 0.613. The van der Waals surface area contributed by atoms with Crippen LogP contribution in [0.25, 0.3) is 0 Å². The van der Waals surface area contributed by atoms with Gasteiger partial charge in [-0.3, -0.25) is 4.79 Å². The van der Waals surface area contributed by atoms with Gasteiger partial charge >= 0.3 is 12.1 Å². The van der Waals surface area contributed by atoms with Gasteiger partial charge in [-0.05, 0) is 18.2 Å². The molecule has 0 aliphatic heterocycles. The standard InChI is InChI=1S/C13H11F3O3/c1-18-11-7-9(4-3-5-12(17)19-2)6-10(8-11)13(14,15)16/h6-8H,5H2,1-2H3. The largest absolute Gasteiger partial charge is 0.497 e. The second kappa shape index (κ2) is 6.14. The highest BCUT2D eigenvalue weighted by atomic mass is 19.4. The van der Waals surface area contributed by atoms with Gasteiger partial charge in [-0.25, -0.2) is 0 Å². The summed E-state index contributed by atoms with van der Waals surface area (Å²) in [6.45, 7) is 0. The Morgan fingerprint density at radius 3 is 2.47 bits per heavy atom. The average Bonchev–Trinajstić information content (AvgIpc) is 2.37. The zero-order valence-corrected chi connectivity index (χ0v) is 10.3. The fourth-order valence-electron chi connectivity index (χ4n) is 1.24. The molecule has 3 nitrogen and oxygen atoms in total. The van der Waals surface area contributed by atoms with Crippen LogP contribution in [-0.4, -0.2) is 20.2 Å². The van der Waals surface area contributed by atoms with Crippen molar-refractivity contribution in [2.45, 2.75) is 12.6 Å². The first-order valence-electron chi connectivity index (χ1n) is 5.18. The summed E-state index contributed by atoms with van der Waals surface area (Å²) in [5, 5.41) is 0. The van der Waals surface area contributed by atoms with E-state index in [4.69, 9.17) is 4.74 Å². The Labute approximate surface area is 108 Å². The van der Waals surface area contributed by atoms with Crippen molar-refractivity contribution in [3.05, 3.63) is 29.3 Å². The highest BCUT2D eigenvalue weighted by Gasteiger charge is 2.31. The molecular weight excluding hydrogens is 261 g/mol. The second-order valence-corrected chi connectivity index (χ2v) is 3.50. The maximum atomic E-state index is 12.6. The van der Waals surface area contributed by atoms with E-state index < -0.39 is 17.7 Å². The predicted molar refractivity (Wildman–Crippen MR) is 61.5 cm³/mol. The van der Waals surface area contributed by atoms with Crippen molar-refractivity contribution in [2.75, 3.05) is 14.2 Å². The van der Waals surface area contributed by atoms with Gasteiger partial charge in [-0.15, -0.1) is 0 Å². The Kier molecular flexibility index (Phi) is 4.81. The van der Waals surface area contributed by atoms with Gasteiger partial charge in [-0.2, -0.15) is 13.2 Å². The molecule has 0 spiro atoms. The van der Waals surface area contributed by atoms with E-state index >= 15 is 0 Å². The highest BCUT2D eigenvalue weighted by molar-refractivity contribution is 5.72. The zero-order chi connectivity index (χ0) is 14.5. The maximum Gasteiger partial charge on any atom is 0.416 e. The summed E-state index contributed by atoms with van der Waals surface area (Å²) in [5.74, 6) is 4.40. The summed E-state index contributed by atoms with van der Waals surface area (Å²) in [5.41, 5.74) is -0.732. The first-order valence-corrected chi connectivity index (χ1v) is 5.18. The number of esters is 1. The third-order valence-corrected chi connectivity index (χ3v) is 2.16. The second-order valence-electron chi connectivity index (χ2n) is 3.50. The summed E-state index contributed by atoms with van der Waals surface area (Å²) in [4.78, 5) is 10.8. The summed E-state index contributed by atoms with van der Waals surface area (Å²) < 4.78 is 47.0. The van der Waals surface area contributed by atoms with Gasteiger partial charge in [0, 0.05) is 5.56 Å². The average molecular weight is 272 g/mol. The van der Waals surface area contributed by atoms with Crippen LogP contribution in [0.15, 0.2) is 18.2 Å². The van der Waals surface area contributed by atoms with Crippen molar-refractivity contribution >= 4 is 5.97 Å². The number of alkyl halides is 3. The predicted octanol–water partition coefficient (Wildman–Crippen LogP) is 2.63. The number of methoxy groups -OCH3 is 2. The van der Waals surface area contributed by atoms with E-state index in [1.807, 2.05) is 0 Å². The SMILES string of the molecule is COC(=O)CC#Cc1cc(OC)cc(C(F)(F)F)c1. The Morgan fingerprint density at radius 2 is 1.95 bits per heavy atom. The van der Waals surface area contributed by atoms with Crippen LogP contribution >= 0.6 is 0 Å². The highest BCUT2D eigenvalue weighted by Crippen LogP contribution is 2.32. The van der Waals surface area contributed by atoms with Crippen LogP contribution in [0, 0.1) is 11.8 Å². The fraction of sp³-hybridized carbons (Fsp3) is 0.308. The zero-order valence-electron chi connectivity index (χ0n) is 10.3. The molecule has 0 bridgehead atoms. The van der Waals surface area contributed by atoms with E-state index in [0.29, 0.717) is 0 Å². The molecule has 102 valence electrons. The fourth-order valence-corrected chi connectivity index (χ4v) is 1.24. The van der Waals surface area contributed by atoms with Crippen LogP contribution < -0.4 is 4.74 Å². The van der Waals surface area contributed by atoms with Gasteiger partial charge in [0.25, 0.3) is 0 Å². The number of hydrogen-bond donors (Lipinski definition) is 0. The molecule has 0 saturated heterocycles. The van der Waals surface area contributed by atoms with E-state index in [2.05, 4.69) is 16.6 Å². The summed E-state index contributed by atoms with van der Waals surface area (Å²) in [6.07, 6.45) is -4.66. The number of rotatable bonds is 2. The topological polar surface area (TPSA) is 35.5 Å². The molecule has 0 aliphatic rings. The Hall–Kier alpha value is -2.16. The van der Waals surface area contributed by atoms with Gasteiger partial charge in [0.1, 0.15) is 12.2 Å². The van der Waals surface area contributed by atoms with E-state index in [9.17, 15) is 18.0 Å². The van der Waals surface area contributed by atoms with Crippen LogP contribution in [-0.2, 0) is 15.7 Å². The van der Waals surface area contributed by atoms with Crippen molar-refractivity contribution in [3.63, 3.8) is 0 Å². The van der Waals surface area contributed by atoms with Crippen LogP contribution in [0.1, 0.15) is 17.5 Å². The lowest BCUT2D eigenvalue weighted by Gasteiger charge is -2.09. The van der Waals surface area contributed by atoms with E-state index in [1.165, 1.54) is 20.3 Å². The Morgan fingerprint density at radius 1 is 1.26 bits per heavy atom. The van der Waals surface area contributed by atoms with Crippen molar-refractivity contribution < 1.29 is 27.4 Å². The Balaban J connectivity index is 3.04. The minimum absolute atomic E-state index is 0.0530. The van der Waals surface area contributed by atoms with Crippen molar-refractivity contribution in [2.24, 2.45) is 0 Å². The van der Waals surface area contributed by atoms with Crippen LogP contribution in [0.3, 0.4) is 0 Å². The number of carbonyl (C=O) groups is 1. The molecule has 6 heteroatoms. The molecule has 0 atom stereocenters. The van der Waals surface area contributed by atoms with Crippen LogP contribution in [0.2, 0.25) is 0 Å². The number of carbonyl (C=O) groups excluding carboxylic acids is 1. The minimum Gasteiger partial charge on any atom is -0.497 e. The molecule has 0 saturated carbocycles. The lowest BCUT2D eigenvalue weighted by atomic mass is 10.1. The lowest BCUT2D eigenvalue weighted by Crippen LogP contribution is -2.05. The van der Waals surface area contributed by atoms with Gasteiger partial charge in [0.2, 0.25) is 0 Å². The molecule has 1 aromatic carbocycles. The third kappa shape index (κ3) is 4.54. The minimum atomic E-state index is -4.48. The van der Waals surface area contributed by atoms with Gasteiger partial charge in [-0.1, -0.05) is 11.8 Å². The monoisotopic (exact) mass is 272 g/mol. The summed E-state index contributed by atoms with van der Waals surface area (Å²) in [7, 11) is 2.47. The molecule has 1 aromatic rings. The molecule has 1 rings (SSSR count). The molecule has 0 aromatic heterocycles. The molecule has 0 unspecified atom stereocenters. The third-order valence-electron chi connectivity index (χ3n) is 2.16. The molecule has 0 amide bonds. The number of halogens is 3. The summed E-state index contributed by atoms with van der Waals surface area (Å²) in [6, 6.07) is 3.14. The molecule has 0 aliphatic carbocycles. The normalized spacial score (nSPS) is 10.4. The number of hydrogen-bond acceptors (Lipinski definition) is 3. The van der Waals surface area contributed by atoms with Gasteiger partial charge < -0.3 is 9.47 Å². The maximum absolute atomic E-state index is 12.6. The Bertz CT molecular complexity index is 524. The molecule has 0 radical (unpaired) electrons. The van der Waals surface area contributed by atoms with Crippen molar-refractivity contribution in [1.82, 2.24) is 0 Å². The first kappa shape index (κ1) is 14.9. The molecular formula is C13H11F3O3. The van der Waals surface area contributed by atoms with Crippen LogP contribution in [0.4, 0.5) is 13.2 Å². The van der Waals surface area contributed by atoms with Crippen molar-refractivity contribution in [1.29, 1.82) is 0 Å². The van der Waals surface area contributed by atoms with Gasteiger partial charge in [0.15, 0.2) is 0 Å². The van der Waals surface area contributed by atoms with E-state index in [0.717, 1.165) is 12.1 Å². The number of ether oxygens (including phenoxy) is 2. The van der Waals surface area contributed by atoms with E-state index in [1.54, 1.807) is 0 Å². The number of benzene rings is 1. The van der Waals surface area contributed by atoms with Crippen molar-refractivity contribution in [3.8, 4) is 17.6 Å². The molecule has 0 fully saturated rings. The smallest absolute Gasteiger partial charge is 0.416 e.